The van der Waals surface area contributed by atoms with Crippen LogP contribution in [0.25, 0.3) is 0 Å². The molecule has 0 saturated heterocycles. The fraction of sp³-hybridized carbons (Fsp3) is 0.200. The van der Waals surface area contributed by atoms with Crippen LogP contribution in [0.1, 0.15) is 69.1 Å². The first-order chi connectivity index (χ1) is 11.2. The Balaban J connectivity index is 0.000000240. The van der Waals surface area contributed by atoms with E-state index in [1.807, 2.05) is 0 Å². The largest absolute Gasteiger partial charge is 0.295 e. The van der Waals surface area contributed by atoms with Gasteiger partial charge in [0.2, 0.25) is 0 Å². The zero-order valence-electron chi connectivity index (χ0n) is 14.3. The second kappa shape index (κ2) is 8.67. The smallest absolute Gasteiger partial charge is 0.159 e. The molecular formula is C20H20O4. The van der Waals surface area contributed by atoms with E-state index in [1.165, 1.54) is 27.7 Å². The minimum absolute atomic E-state index is 0.0156. The molecule has 0 aliphatic rings. The molecule has 24 heavy (non-hydrogen) atoms. The van der Waals surface area contributed by atoms with Crippen LogP contribution in [-0.2, 0) is 0 Å². The molecule has 0 aliphatic carbocycles. The highest BCUT2D eigenvalue weighted by Crippen LogP contribution is 2.07. The number of hydrogen-bond acceptors (Lipinski definition) is 4. The van der Waals surface area contributed by atoms with E-state index in [4.69, 9.17) is 0 Å². The van der Waals surface area contributed by atoms with Crippen LogP contribution in [-0.4, -0.2) is 23.1 Å². The fourth-order valence-corrected chi connectivity index (χ4v) is 1.91. The third-order valence-corrected chi connectivity index (χ3v) is 3.35. The van der Waals surface area contributed by atoms with Gasteiger partial charge in [-0.15, -0.1) is 0 Å². The normalized spacial score (nSPS) is 9.50. The molecule has 4 heteroatoms. The van der Waals surface area contributed by atoms with Crippen LogP contribution in [0, 0.1) is 0 Å². The van der Waals surface area contributed by atoms with Crippen LogP contribution in [0.3, 0.4) is 0 Å². The Bertz CT molecular complexity index is 662. The molecule has 0 amide bonds. The first-order valence-electron chi connectivity index (χ1n) is 7.46. The maximum absolute atomic E-state index is 10.9. The molecule has 0 unspecified atom stereocenters. The Morgan fingerprint density at radius 1 is 0.500 bits per heavy atom. The summed E-state index contributed by atoms with van der Waals surface area (Å²) in [4.78, 5) is 43.6. The van der Waals surface area contributed by atoms with Crippen molar-refractivity contribution < 1.29 is 19.2 Å². The van der Waals surface area contributed by atoms with Gasteiger partial charge in [0.25, 0.3) is 0 Å². The quantitative estimate of drug-likeness (QED) is 0.791. The van der Waals surface area contributed by atoms with Gasteiger partial charge < -0.3 is 0 Å². The van der Waals surface area contributed by atoms with E-state index in [0.29, 0.717) is 22.3 Å². The van der Waals surface area contributed by atoms with Gasteiger partial charge in [0.1, 0.15) is 0 Å². The molecule has 0 saturated carbocycles. The van der Waals surface area contributed by atoms with Crippen molar-refractivity contribution in [2.75, 3.05) is 0 Å². The van der Waals surface area contributed by atoms with Crippen molar-refractivity contribution >= 4 is 23.1 Å². The molecule has 0 bridgehead atoms. The lowest BCUT2D eigenvalue weighted by atomic mass is 10.1. The lowest BCUT2D eigenvalue weighted by Gasteiger charge is -1.97. The van der Waals surface area contributed by atoms with Crippen molar-refractivity contribution in [3.05, 3.63) is 70.8 Å². The van der Waals surface area contributed by atoms with Crippen molar-refractivity contribution in [3.8, 4) is 0 Å². The SMILES string of the molecule is CC(=O)c1cccc(C(C)=O)c1.CC(=O)c1cccc(C(C)=O)c1. The summed E-state index contributed by atoms with van der Waals surface area (Å²) in [7, 11) is 0. The molecule has 4 nitrogen and oxygen atoms in total. The summed E-state index contributed by atoms with van der Waals surface area (Å²) in [5.74, 6) is -0.0626. The van der Waals surface area contributed by atoms with Crippen molar-refractivity contribution in [2.45, 2.75) is 27.7 Å². The summed E-state index contributed by atoms with van der Waals surface area (Å²) in [6.07, 6.45) is 0. The molecule has 2 aromatic rings. The highest BCUT2D eigenvalue weighted by atomic mass is 16.1. The number of Topliss-reactive ketones (excluding diaryl/α,β-unsaturated/α-hetero) is 4. The average Bonchev–Trinajstić information content (AvgIpc) is 2.55. The lowest BCUT2D eigenvalue weighted by molar-refractivity contribution is 0.0998. The van der Waals surface area contributed by atoms with Crippen LogP contribution >= 0.6 is 0 Å². The van der Waals surface area contributed by atoms with E-state index >= 15 is 0 Å². The van der Waals surface area contributed by atoms with Gasteiger partial charge in [0.15, 0.2) is 23.1 Å². The highest BCUT2D eigenvalue weighted by molar-refractivity contribution is 6.00. The van der Waals surface area contributed by atoms with Gasteiger partial charge in [0.05, 0.1) is 0 Å². The summed E-state index contributed by atoms with van der Waals surface area (Å²) >= 11 is 0. The maximum Gasteiger partial charge on any atom is 0.159 e. The van der Waals surface area contributed by atoms with Gasteiger partial charge in [-0.1, -0.05) is 36.4 Å². The van der Waals surface area contributed by atoms with Crippen LogP contribution in [0.2, 0.25) is 0 Å². The standard InChI is InChI=1S/2C10H10O2/c2*1-7(11)9-4-3-5-10(6-9)8(2)12/h2*3-6H,1-2H3. The molecule has 0 aliphatic heterocycles. The minimum Gasteiger partial charge on any atom is -0.295 e. The van der Waals surface area contributed by atoms with Crippen LogP contribution in [0.15, 0.2) is 48.5 Å². The first kappa shape index (κ1) is 19.2. The van der Waals surface area contributed by atoms with Crippen LogP contribution < -0.4 is 0 Å². The maximum atomic E-state index is 10.9. The van der Waals surface area contributed by atoms with E-state index in [-0.39, 0.29) is 23.1 Å². The zero-order chi connectivity index (χ0) is 18.3. The van der Waals surface area contributed by atoms with E-state index in [0.717, 1.165) is 0 Å². The van der Waals surface area contributed by atoms with E-state index in [9.17, 15) is 19.2 Å². The number of ketones is 4. The Morgan fingerprint density at radius 2 is 0.708 bits per heavy atom. The Kier molecular flexibility index (Phi) is 6.93. The van der Waals surface area contributed by atoms with E-state index < -0.39 is 0 Å². The number of hydrogen-bond donors (Lipinski definition) is 0. The van der Waals surface area contributed by atoms with Crippen LogP contribution in [0.4, 0.5) is 0 Å². The third-order valence-electron chi connectivity index (χ3n) is 3.35. The molecule has 0 aromatic heterocycles. The molecule has 0 fully saturated rings. The zero-order valence-corrected chi connectivity index (χ0v) is 14.3. The number of rotatable bonds is 4. The molecule has 124 valence electrons. The first-order valence-corrected chi connectivity index (χ1v) is 7.46. The van der Waals surface area contributed by atoms with Gasteiger partial charge in [-0.3, -0.25) is 19.2 Å². The number of carbonyl (C=O) groups is 4. The van der Waals surface area contributed by atoms with E-state index in [2.05, 4.69) is 0 Å². The molecule has 0 atom stereocenters. The predicted octanol–water partition coefficient (Wildman–Crippen LogP) is 4.18. The van der Waals surface area contributed by atoms with Gasteiger partial charge in [0, 0.05) is 22.3 Å². The number of benzene rings is 2. The predicted molar refractivity (Wildman–Crippen MR) is 92.9 cm³/mol. The molecule has 0 heterocycles. The Labute approximate surface area is 141 Å². The average molecular weight is 324 g/mol. The fourth-order valence-electron chi connectivity index (χ4n) is 1.91. The van der Waals surface area contributed by atoms with Gasteiger partial charge in [-0.05, 0) is 39.8 Å². The number of carbonyl (C=O) groups excluding carboxylic acids is 4. The van der Waals surface area contributed by atoms with E-state index in [1.54, 1.807) is 48.5 Å². The third kappa shape index (κ3) is 5.72. The van der Waals surface area contributed by atoms with Gasteiger partial charge in [-0.25, -0.2) is 0 Å². The topological polar surface area (TPSA) is 68.3 Å². The second-order valence-electron chi connectivity index (χ2n) is 5.39. The molecule has 0 N–H and O–H groups in total. The van der Waals surface area contributed by atoms with Crippen molar-refractivity contribution in [2.24, 2.45) is 0 Å². The molecule has 0 radical (unpaired) electrons. The summed E-state index contributed by atoms with van der Waals surface area (Å²) < 4.78 is 0. The minimum atomic E-state index is -0.0156. The summed E-state index contributed by atoms with van der Waals surface area (Å²) in [6.45, 7) is 5.94. The van der Waals surface area contributed by atoms with Crippen molar-refractivity contribution in [3.63, 3.8) is 0 Å². The van der Waals surface area contributed by atoms with Crippen molar-refractivity contribution in [1.29, 1.82) is 0 Å². The second-order valence-corrected chi connectivity index (χ2v) is 5.39. The van der Waals surface area contributed by atoms with Crippen LogP contribution in [0.5, 0.6) is 0 Å². The van der Waals surface area contributed by atoms with Gasteiger partial charge in [-0.2, -0.15) is 0 Å². The molecular weight excluding hydrogens is 304 g/mol. The summed E-state index contributed by atoms with van der Waals surface area (Å²) in [5.41, 5.74) is 2.34. The van der Waals surface area contributed by atoms with Gasteiger partial charge >= 0.3 is 0 Å². The highest BCUT2D eigenvalue weighted by Gasteiger charge is 2.03. The Hall–Kier alpha value is -2.88. The molecule has 2 rings (SSSR count). The summed E-state index contributed by atoms with van der Waals surface area (Å²) in [6, 6.07) is 13.5. The molecule has 0 spiro atoms. The monoisotopic (exact) mass is 324 g/mol. The lowest BCUT2D eigenvalue weighted by Crippen LogP contribution is -1.96. The summed E-state index contributed by atoms with van der Waals surface area (Å²) in [5, 5.41) is 0. The van der Waals surface area contributed by atoms with Crippen molar-refractivity contribution in [1.82, 2.24) is 0 Å². The molecule has 2 aromatic carbocycles. The Morgan fingerprint density at radius 3 is 0.875 bits per heavy atom.